The Morgan fingerprint density at radius 2 is 1.68 bits per heavy atom. The number of urea groups is 1. The Labute approximate surface area is 198 Å². The summed E-state index contributed by atoms with van der Waals surface area (Å²) in [4.78, 5) is 41.0. The van der Waals surface area contributed by atoms with Crippen molar-refractivity contribution in [2.45, 2.75) is 38.4 Å². The number of ether oxygens (including phenoxy) is 3. The lowest BCUT2D eigenvalue weighted by Crippen LogP contribution is -2.37. The number of fused-ring (bicyclic) bond motifs is 1. The molecule has 2 heterocycles. The van der Waals surface area contributed by atoms with Crippen molar-refractivity contribution in [3.63, 3.8) is 0 Å². The molecular formula is C25H29N3O6. The van der Waals surface area contributed by atoms with Crippen LogP contribution in [0.5, 0.6) is 17.2 Å². The molecule has 9 nitrogen and oxygen atoms in total. The largest absolute Gasteiger partial charge is 0.497 e. The Hall–Kier alpha value is -3.75. The van der Waals surface area contributed by atoms with Crippen molar-refractivity contribution in [1.29, 1.82) is 0 Å². The Kier molecular flexibility index (Phi) is 6.90. The van der Waals surface area contributed by atoms with Crippen molar-refractivity contribution in [2.75, 3.05) is 27.9 Å². The van der Waals surface area contributed by atoms with Crippen LogP contribution in [-0.2, 0) is 29.1 Å². The van der Waals surface area contributed by atoms with Crippen molar-refractivity contribution < 1.29 is 28.6 Å². The molecule has 34 heavy (non-hydrogen) atoms. The Morgan fingerprint density at radius 1 is 1.00 bits per heavy atom. The lowest BCUT2D eigenvalue weighted by atomic mass is 9.98. The van der Waals surface area contributed by atoms with Crippen molar-refractivity contribution >= 4 is 17.8 Å². The van der Waals surface area contributed by atoms with Crippen LogP contribution >= 0.6 is 0 Å². The number of imide groups is 1. The van der Waals surface area contributed by atoms with E-state index in [0.717, 1.165) is 23.1 Å². The summed E-state index contributed by atoms with van der Waals surface area (Å²) in [5.41, 5.74) is 2.97. The average Bonchev–Trinajstić information content (AvgIpc) is 3.13. The molecule has 0 bridgehead atoms. The normalized spacial score (nSPS) is 17.3. The van der Waals surface area contributed by atoms with E-state index in [1.807, 2.05) is 24.3 Å². The molecule has 4 amide bonds. The minimum atomic E-state index is -0.698. The third-order valence-corrected chi connectivity index (χ3v) is 6.32. The van der Waals surface area contributed by atoms with Crippen LogP contribution in [0.2, 0.25) is 0 Å². The molecule has 180 valence electrons. The van der Waals surface area contributed by atoms with Gasteiger partial charge in [-0.3, -0.25) is 14.5 Å². The second-order valence-corrected chi connectivity index (χ2v) is 8.35. The fraction of sp³-hybridized carbons (Fsp3) is 0.400. The monoisotopic (exact) mass is 467 g/mol. The molecule has 2 aliphatic rings. The van der Waals surface area contributed by atoms with E-state index in [0.29, 0.717) is 30.3 Å². The van der Waals surface area contributed by atoms with Crippen LogP contribution in [0, 0.1) is 0 Å². The number of nitrogens with one attached hydrogen (secondary N) is 1. The molecule has 9 heteroatoms. The van der Waals surface area contributed by atoms with Crippen LogP contribution in [0.25, 0.3) is 0 Å². The summed E-state index contributed by atoms with van der Waals surface area (Å²) in [6, 6.07) is 9.93. The first-order valence-electron chi connectivity index (χ1n) is 11.2. The highest BCUT2D eigenvalue weighted by molar-refractivity contribution is 6.04. The third kappa shape index (κ3) is 4.78. The zero-order valence-electron chi connectivity index (χ0n) is 19.6. The van der Waals surface area contributed by atoms with Gasteiger partial charge >= 0.3 is 6.03 Å². The van der Waals surface area contributed by atoms with Gasteiger partial charge in [0.1, 0.15) is 11.8 Å². The number of methoxy groups -OCH3 is 3. The molecule has 0 unspecified atom stereocenters. The van der Waals surface area contributed by atoms with Crippen LogP contribution in [-0.4, -0.2) is 61.6 Å². The first-order valence-corrected chi connectivity index (χ1v) is 11.2. The highest BCUT2D eigenvalue weighted by Crippen LogP contribution is 2.33. The van der Waals surface area contributed by atoms with Gasteiger partial charge in [-0.1, -0.05) is 12.1 Å². The van der Waals surface area contributed by atoms with Crippen molar-refractivity contribution in [3.05, 3.63) is 53.1 Å². The molecule has 4 rings (SSSR count). The molecule has 0 saturated carbocycles. The summed E-state index contributed by atoms with van der Waals surface area (Å²) in [6.45, 7) is 1.24. The van der Waals surface area contributed by atoms with E-state index in [4.69, 9.17) is 14.2 Å². The van der Waals surface area contributed by atoms with E-state index >= 15 is 0 Å². The van der Waals surface area contributed by atoms with Gasteiger partial charge in [0.2, 0.25) is 5.91 Å². The standard InChI is InChI=1S/C25H29N3O6/c1-32-19-6-4-16(5-7-19)14-28-24(30)20(26-25(28)31)8-9-23(29)27-11-10-17-12-21(33-2)22(34-3)13-18(17)15-27/h4-7,12-13,20H,8-11,14-15H2,1-3H3,(H,26,31)/t20-/m1/s1. The van der Waals surface area contributed by atoms with Gasteiger partial charge in [0.25, 0.3) is 5.91 Å². The molecule has 1 saturated heterocycles. The average molecular weight is 468 g/mol. The number of amides is 4. The predicted octanol–water partition coefficient (Wildman–Crippen LogP) is 2.50. The molecule has 1 N–H and O–H groups in total. The fourth-order valence-corrected chi connectivity index (χ4v) is 4.36. The molecular weight excluding hydrogens is 438 g/mol. The zero-order valence-corrected chi connectivity index (χ0v) is 19.6. The van der Waals surface area contributed by atoms with Gasteiger partial charge in [-0.25, -0.2) is 4.79 Å². The van der Waals surface area contributed by atoms with Crippen molar-refractivity contribution in [2.24, 2.45) is 0 Å². The van der Waals surface area contributed by atoms with E-state index < -0.39 is 12.1 Å². The van der Waals surface area contributed by atoms with E-state index in [1.54, 1.807) is 38.4 Å². The van der Waals surface area contributed by atoms with Gasteiger partial charge in [0.15, 0.2) is 11.5 Å². The Morgan fingerprint density at radius 3 is 2.32 bits per heavy atom. The summed E-state index contributed by atoms with van der Waals surface area (Å²) in [6.07, 6.45) is 1.16. The molecule has 0 radical (unpaired) electrons. The SMILES string of the molecule is COc1ccc(CN2C(=O)N[C@H](CCC(=O)N3CCc4cc(OC)c(OC)cc4C3)C2=O)cc1. The number of carbonyl (C=O) groups excluding carboxylic acids is 3. The summed E-state index contributed by atoms with van der Waals surface area (Å²) in [7, 11) is 4.76. The second kappa shape index (κ2) is 10.0. The van der Waals surface area contributed by atoms with Crippen LogP contribution < -0.4 is 19.5 Å². The van der Waals surface area contributed by atoms with Crippen LogP contribution in [0.4, 0.5) is 4.79 Å². The predicted molar refractivity (Wildman–Crippen MR) is 124 cm³/mol. The maximum atomic E-state index is 12.9. The van der Waals surface area contributed by atoms with Gasteiger partial charge in [0, 0.05) is 19.5 Å². The van der Waals surface area contributed by atoms with E-state index in [9.17, 15) is 14.4 Å². The van der Waals surface area contributed by atoms with E-state index in [-0.39, 0.29) is 31.2 Å². The fourth-order valence-electron chi connectivity index (χ4n) is 4.36. The van der Waals surface area contributed by atoms with Gasteiger partial charge in [-0.15, -0.1) is 0 Å². The summed E-state index contributed by atoms with van der Waals surface area (Å²) < 4.78 is 15.9. The lowest BCUT2D eigenvalue weighted by molar-refractivity contribution is -0.132. The van der Waals surface area contributed by atoms with E-state index in [1.165, 1.54) is 4.90 Å². The number of carbonyl (C=O) groups is 3. The topological polar surface area (TPSA) is 97.4 Å². The second-order valence-electron chi connectivity index (χ2n) is 8.35. The van der Waals surface area contributed by atoms with E-state index in [2.05, 4.69) is 5.32 Å². The van der Waals surface area contributed by atoms with Crippen molar-refractivity contribution in [3.8, 4) is 17.2 Å². The number of rotatable bonds is 8. The number of nitrogens with zero attached hydrogens (tertiary/aromatic N) is 2. The Bertz CT molecular complexity index is 1080. The molecule has 2 aliphatic heterocycles. The molecule has 2 aromatic carbocycles. The number of hydrogen-bond donors (Lipinski definition) is 1. The molecule has 0 aromatic heterocycles. The Balaban J connectivity index is 1.33. The van der Waals surface area contributed by atoms with Crippen LogP contribution in [0.1, 0.15) is 29.5 Å². The maximum Gasteiger partial charge on any atom is 0.325 e. The molecule has 1 atom stereocenters. The zero-order chi connectivity index (χ0) is 24.2. The quantitative estimate of drug-likeness (QED) is 0.599. The molecule has 1 fully saturated rings. The summed E-state index contributed by atoms with van der Waals surface area (Å²) in [5, 5.41) is 2.71. The highest BCUT2D eigenvalue weighted by atomic mass is 16.5. The first kappa shape index (κ1) is 23.4. The van der Waals surface area contributed by atoms with Crippen LogP contribution in [0.3, 0.4) is 0 Å². The summed E-state index contributed by atoms with van der Waals surface area (Å²) in [5.74, 6) is 1.66. The van der Waals surface area contributed by atoms with Gasteiger partial charge in [-0.2, -0.15) is 0 Å². The maximum absolute atomic E-state index is 12.9. The smallest absolute Gasteiger partial charge is 0.325 e. The van der Waals surface area contributed by atoms with Crippen LogP contribution in [0.15, 0.2) is 36.4 Å². The summed E-state index contributed by atoms with van der Waals surface area (Å²) >= 11 is 0. The molecule has 0 spiro atoms. The lowest BCUT2D eigenvalue weighted by Gasteiger charge is -2.30. The molecule has 2 aromatic rings. The highest BCUT2D eigenvalue weighted by Gasteiger charge is 2.38. The van der Waals surface area contributed by atoms with Crippen molar-refractivity contribution in [1.82, 2.24) is 15.1 Å². The minimum absolute atomic E-state index is 0.0453. The van der Waals surface area contributed by atoms with Gasteiger partial charge in [-0.05, 0) is 53.8 Å². The van der Waals surface area contributed by atoms with Gasteiger partial charge < -0.3 is 24.4 Å². The molecule has 0 aliphatic carbocycles. The van der Waals surface area contributed by atoms with Gasteiger partial charge in [0.05, 0.1) is 27.9 Å². The number of benzene rings is 2. The minimum Gasteiger partial charge on any atom is -0.497 e. The number of hydrogen-bond acceptors (Lipinski definition) is 6. The third-order valence-electron chi connectivity index (χ3n) is 6.32. The first-order chi connectivity index (χ1) is 16.4.